The lowest BCUT2D eigenvalue weighted by atomic mass is 10.1. The van der Waals surface area contributed by atoms with Gasteiger partial charge in [-0.05, 0) is 24.6 Å². The number of hydrogen-bond donors (Lipinski definition) is 1. The van der Waals surface area contributed by atoms with Gasteiger partial charge in [0, 0.05) is 24.9 Å². The second-order valence-corrected chi connectivity index (χ2v) is 6.46. The van der Waals surface area contributed by atoms with Crippen molar-refractivity contribution in [1.29, 1.82) is 0 Å². The molecule has 0 unspecified atom stereocenters. The van der Waals surface area contributed by atoms with Crippen molar-refractivity contribution in [3.8, 4) is 0 Å². The van der Waals surface area contributed by atoms with E-state index in [2.05, 4.69) is 29.4 Å². The molecule has 1 aromatic carbocycles. The fourth-order valence-electron chi connectivity index (χ4n) is 1.90. The third-order valence-corrected chi connectivity index (χ3v) is 3.95. The van der Waals surface area contributed by atoms with Gasteiger partial charge in [0.15, 0.2) is 0 Å². The van der Waals surface area contributed by atoms with Crippen molar-refractivity contribution < 1.29 is 8.78 Å². The molecular formula is C15H19F2N3S. The smallest absolute Gasteiger partial charge is 0.129 e. The van der Waals surface area contributed by atoms with Crippen LogP contribution in [0, 0.1) is 17.6 Å². The standard InChI is InChI=1S/C15H19F2N3S/c1-10(2)9-18-7-6-14-19-20-15(21-14)8-11-12(16)4-3-5-13(11)17/h3-5,10,18H,6-9H2,1-2H3. The van der Waals surface area contributed by atoms with Gasteiger partial charge in [0.1, 0.15) is 21.6 Å². The Balaban J connectivity index is 1.91. The average Bonchev–Trinajstić information content (AvgIpc) is 2.87. The highest BCUT2D eigenvalue weighted by Gasteiger charge is 2.12. The van der Waals surface area contributed by atoms with E-state index in [4.69, 9.17) is 0 Å². The molecule has 0 fully saturated rings. The number of benzene rings is 1. The largest absolute Gasteiger partial charge is 0.316 e. The van der Waals surface area contributed by atoms with Crippen LogP contribution in [-0.4, -0.2) is 23.3 Å². The van der Waals surface area contributed by atoms with Crippen molar-refractivity contribution >= 4 is 11.3 Å². The molecule has 1 aromatic heterocycles. The summed E-state index contributed by atoms with van der Waals surface area (Å²) in [5.74, 6) is -0.463. The summed E-state index contributed by atoms with van der Waals surface area (Å²) in [5, 5.41) is 12.9. The Morgan fingerprint density at radius 1 is 1.14 bits per heavy atom. The minimum atomic E-state index is -0.537. The lowest BCUT2D eigenvalue weighted by Crippen LogP contribution is -2.22. The van der Waals surface area contributed by atoms with Crippen molar-refractivity contribution in [2.24, 2.45) is 5.92 Å². The second-order valence-electron chi connectivity index (χ2n) is 5.31. The number of rotatable bonds is 7. The number of aromatic nitrogens is 2. The zero-order valence-corrected chi connectivity index (χ0v) is 13.0. The number of nitrogens with zero attached hydrogens (tertiary/aromatic N) is 2. The van der Waals surface area contributed by atoms with Crippen LogP contribution in [0.2, 0.25) is 0 Å². The lowest BCUT2D eigenvalue weighted by Gasteiger charge is -2.05. The molecule has 114 valence electrons. The van der Waals surface area contributed by atoms with Gasteiger partial charge in [0.2, 0.25) is 0 Å². The summed E-state index contributed by atoms with van der Waals surface area (Å²) in [6.45, 7) is 6.10. The van der Waals surface area contributed by atoms with Crippen LogP contribution >= 0.6 is 11.3 Å². The van der Waals surface area contributed by atoms with Gasteiger partial charge < -0.3 is 5.32 Å². The predicted molar refractivity (Wildman–Crippen MR) is 80.5 cm³/mol. The van der Waals surface area contributed by atoms with E-state index in [1.807, 2.05) is 0 Å². The quantitative estimate of drug-likeness (QED) is 0.798. The summed E-state index contributed by atoms with van der Waals surface area (Å²) < 4.78 is 27.1. The maximum atomic E-state index is 13.6. The molecule has 6 heteroatoms. The molecule has 0 radical (unpaired) electrons. The van der Waals surface area contributed by atoms with E-state index in [0.29, 0.717) is 10.9 Å². The molecule has 2 rings (SSSR count). The van der Waals surface area contributed by atoms with Gasteiger partial charge in [-0.1, -0.05) is 19.9 Å². The fraction of sp³-hybridized carbons (Fsp3) is 0.467. The second kappa shape index (κ2) is 7.56. The molecule has 1 heterocycles. The van der Waals surface area contributed by atoms with Crippen LogP contribution < -0.4 is 5.32 Å². The van der Waals surface area contributed by atoms with Crippen LogP contribution in [0.5, 0.6) is 0 Å². The highest BCUT2D eigenvalue weighted by molar-refractivity contribution is 7.11. The molecule has 3 nitrogen and oxygen atoms in total. The van der Waals surface area contributed by atoms with Crippen LogP contribution in [0.4, 0.5) is 8.78 Å². The van der Waals surface area contributed by atoms with E-state index in [0.717, 1.165) is 24.5 Å². The van der Waals surface area contributed by atoms with Crippen molar-refractivity contribution in [3.05, 3.63) is 45.4 Å². The first-order valence-electron chi connectivity index (χ1n) is 7.01. The highest BCUT2D eigenvalue weighted by atomic mass is 32.1. The van der Waals surface area contributed by atoms with Crippen molar-refractivity contribution in [1.82, 2.24) is 15.5 Å². The van der Waals surface area contributed by atoms with Gasteiger partial charge in [-0.15, -0.1) is 21.5 Å². The summed E-state index contributed by atoms with van der Waals surface area (Å²) in [4.78, 5) is 0. The molecule has 0 saturated heterocycles. The van der Waals surface area contributed by atoms with Crippen molar-refractivity contribution in [2.75, 3.05) is 13.1 Å². The van der Waals surface area contributed by atoms with E-state index in [1.54, 1.807) is 0 Å². The average molecular weight is 311 g/mol. The van der Waals surface area contributed by atoms with Crippen LogP contribution in [0.3, 0.4) is 0 Å². The van der Waals surface area contributed by atoms with Crippen LogP contribution in [-0.2, 0) is 12.8 Å². The van der Waals surface area contributed by atoms with E-state index in [1.165, 1.54) is 29.5 Å². The Morgan fingerprint density at radius 2 is 1.81 bits per heavy atom. The van der Waals surface area contributed by atoms with E-state index >= 15 is 0 Å². The molecule has 0 atom stereocenters. The van der Waals surface area contributed by atoms with Crippen LogP contribution in [0.1, 0.15) is 29.4 Å². The maximum absolute atomic E-state index is 13.6. The predicted octanol–water partition coefficient (Wildman–Crippen LogP) is 3.20. The minimum absolute atomic E-state index is 0.0538. The summed E-state index contributed by atoms with van der Waals surface area (Å²) in [6.07, 6.45) is 0.930. The SMILES string of the molecule is CC(C)CNCCc1nnc(Cc2c(F)cccc2F)s1. The Bertz CT molecular complexity index is 564. The Labute approximate surface area is 127 Å². The summed E-state index contributed by atoms with van der Waals surface area (Å²) >= 11 is 1.41. The highest BCUT2D eigenvalue weighted by Crippen LogP contribution is 2.19. The Hall–Kier alpha value is -1.40. The molecular weight excluding hydrogens is 292 g/mol. The van der Waals surface area contributed by atoms with Crippen LogP contribution in [0.15, 0.2) is 18.2 Å². The summed E-state index contributed by atoms with van der Waals surface area (Å²) in [7, 11) is 0. The monoisotopic (exact) mass is 311 g/mol. The first-order valence-corrected chi connectivity index (χ1v) is 7.82. The number of halogens is 2. The van der Waals surface area contributed by atoms with Crippen molar-refractivity contribution in [2.45, 2.75) is 26.7 Å². The van der Waals surface area contributed by atoms with Crippen molar-refractivity contribution in [3.63, 3.8) is 0 Å². The molecule has 0 spiro atoms. The van der Waals surface area contributed by atoms with E-state index in [9.17, 15) is 8.78 Å². The normalized spacial score (nSPS) is 11.3. The fourth-order valence-corrected chi connectivity index (χ4v) is 2.76. The topological polar surface area (TPSA) is 37.8 Å². The zero-order valence-electron chi connectivity index (χ0n) is 12.2. The maximum Gasteiger partial charge on any atom is 0.129 e. The van der Waals surface area contributed by atoms with Gasteiger partial charge in [-0.2, -0.15) is 0 Å². The lowest BCUT2D eigenvalue weighted by molar-refractivity contribution is 0.553. The zero-order chi connectivity index (χ0) is 15.2. The molecule has 0 bridgehead atoms. The number of nitrogens with one attached hydrogen (secondary N) is 1. The molecule has 0 aliphatic heterocycles. The van der Waals surface area contributed by atoms with Crippen LogP contribution in [0.25, 0.3) is 0 Å². The third-order valence-electron chi connectivity index (χ3n) is 2.97. The van der Waals surface area contributed by atoms with Gasteiger partial charge in [-0.25, -0.2) is 8.78 Å². The molecule has 21 heavy (non-hydrogen) atoms. The summed E-state index contributed by atoms with van der Waals surface area (Å²) in [6, 6.07) is 3.88. The van der Waals surface area contributed by atoms with E-state index in [-0.39, 0.29) is 12.0 Å². The molecule has 0 aliphatic carbocycles. The molecule has 0 saturated carbocycles. The van der Waals surface area contributed by atoms with Gasteiger partial charge in [0.05, 0.1) is 0 Å². The first kappa shape index (κ1) is 16.0. The molecule has 0 aliphatic rings. The Kier molecular flexibility index (Phi) is 5.76. The molecule has 2 aromatic rings. The summed E-state index contributed by atoms with van der Waals surface area (Å²) in [5.41, 5.74) is 0.0538. The minimum Gasteiger partial charge on any atom is -0.316 e. The first-order chi connectivity index (χ1) is 10.1. The van der Waals surface area contributed by atoms with E-state index < -0.39 is 11.6 Å². The Morgan fingerprint density at radius 3 is 2.48 bits per heavy atom. The number of hydrogen-bond acceptors (Lipinski definition) is 4. The third kappa shape index (κ3) is 4.82. The van der Waals surface area contributed by atoms with Gasteiger partial charge in [-0.3, -0.25) is 0 Å². The van der Waals surface area contributed by atoms with Gasteiger partial charge >= 0.3 is 0 Å². The molecule has 0 amide bonds. The van der Waals surface area contributed by atoms with Gasteiger partial charge in [0.25, 0.3) is 0 Å². The molecule has 1 N–H and O–H groups in total.